The van der Waals surface area contributed by atoms with Gasteiger partial charge in [-0.2, -0.15) is 26.3 Å². The molecule has 1 unspecified atom stereocenters. The van der Waals surface area contributed by atoms with E-state index in [1.165, 1.54) is 68.0 Å². The van der Waals surface area contributed by atoms with E-state index >= 15 is 9.59 Å². The minimum Gasteiger partial charge on any atom is -0.343 e. The predicted octanol–water partition coefficient (Wildman–Crippen LogP) is 5.80. The number of fused-ring (bicyclic) bond motifs is 1. The highest BCUT2D eigenvalue weighted by Gasteiger charge is 2.50. The summed E-state index contributed by atoms with van der Waals surface area (Å²) in [6.45, 7) is 10.1. The van der Waals surface area contributed by atoms with Crippen LogP contribution in [0.5, 0.6) is 0 Å². The number of nitrogens with one attached hydrogen (secondary N) is 3. The molecule has 22 nitrogen and oxygen atoms in total. The summed E-state index contributed by atoms with van der Waals surface area (Å²) in [7, 11) is 9.27. The Morgan fingerprint density at radius 3 is 1.82 bits per heavy atom. The van der Waals surface area contributed by atoms with Crippen molar-refractivity contribution in [1.29, 1.82) is 0 Å². The highest BCUT2D eigenvalue weighted by Crippen LogP contribution is 2.37. The molecule has 528 valence electrons. The van der Waals surface area contributed by atoms with Crippen molar-refractivity contribution < 1.29 is 79.1 Å². The summed E-state index contributed by atoms with van der Waals surface area (Å²) in [4.78, 5) is 169. The van der Waals surface area contributed by atoms with Gasteiger partial charge in [0.15, 0.2) is 0 Å². The van der Waals surface area contributed by atoms with Crippen LogP contribution in [-0.2, 0) is 77.9 Å². The molecular weight excluding hydrogens is 1270 g/mol. The fraction of sp³-hybridized carbons (Fsp3) is 0.652. The van der Waals surface area contributed by atoms with Gasteiger partial charge in [-0.25, -0.2) is 0 Å². The summed E-state index contributed by atoms with van der Waals surface area (Å²) < 4.78 is 83.6. The molecule has 3 fully saturated rings. The molecule has 0 radical (unpaired) electrons. The van der Waals surface area contributed by atoms with Crippen LogP contribution >= 0.6 is 11.6 Å². The molecule has 8 atom stereocenters. The van der Waals surface area contributed by atoms with E-state index in [1.807, 2.05) is 13.8 Å². The fourth-order valence-corrected chi connectivity index (χ4v) is 12.8. The number of amides is 11. The van der Waals surface area contributed by atoms with Crippen molar-refractivity contribution in [2.24, 2.45) is 17.8 Å². The van der Waals surface area contributed by atoms with Gasteiger partial charge in [-0.1, -0.05) is 96.7 Å². The second-order valence-electron chi connectivity index (χ2n) is 26.6. The summed E-state index contributed by atoms with van der Waals surface area (Å²) in [5, 5.41) is 7.77. The van der Waals surface area contributed by atoms with E-state index in [-0.39, 0.29) is 75.0 Å². The number of hydrogen-bond acceptors (Lipinski definition) is 11. The van der Waals surface area contributed by atoms with E-state index < -0.39 is 179 Å². The van der Waals surface area contributed by atoms with E-state index in [9.17, 15) is 69.5 Å². The molecule has 2 aromatic carbocycles. The zero-order valence-electron chi connectivity index (χ0n) is 56.8. The van der Waals surface area contributed by atoms with Crippen LogP contribution in [-0.4, -0.2) is 228 Å². The largest absolute Gasteiger partial charge is 0.417 e. The van der Waals surface area contributed by atoms with Gasteiger partial charge < -0.3 is 55.1 Å². The van der Waals surface area contributed by atoms with Crippen molar-refractivity contribution in [3.8, 4) is 0 Å². The van der Waals surface area contributed by atoms with Crippen molar-refractivity contribution in [3.05, 3.63) is 69.7 Å². The number of halogens is 7. The molecule has 3 aliphatic rings. The molecule has 3 N–H and O–H groups in total. The first-order valence-electron chi connectivity index (χ1n) is 32.2. The monoisotopic (exact) mass is 1370 g/mol. The Morgan fingerprint density at radius 2 is 1.24 bits per heavy atom. The molecule has 2 aliphatic heterocycles. The van der Waals surface area contributed by atoms with Crippen molar-refractivity contribution in [3.63, 3.8) is 0 Å². The Bertz CT molecular complexity index is 3150. The lowest BCUT2D eigenvalue weighted by atomic mass is 9.91. The van der Waals surface area contributed by atoms with Gasteiger partial charge in [-0.05, 0) is 98.9 Å². The zero-order chi connectivity index (χ0) is 71.5. The number of nitrogens with zero attached hydrogens (tertiary/aromatic N) is 8. The summed E-state index contributed by atoms with van der Waals surface area (Å²) in [6, 6.07) is -1.77. The number of carbonyl (C=O) groups is 11. The van der Waals surface area contributed by atoms with Gasteiger partial charge in [0.25, 0.3) is 0 Å². The molecule has 29 heteroatoms. The summed E-state index contributed by atoms with van der Waals surface area (Å²) >= 11 is 6.08. The molecule has 1 aliphatic carbocycles. The van der Waals surface area contributed by atoms with Gasteiger partial charge in [0.2, 0.25) is 65.0 Å². The summed E-state index contributed by atoms with van der Waals surface area (Å²) in [6.07, 6.45) is -8.72. The maximum Gasteiger partial charge on any atom is 0.417 e. The Morgan fingerprint density at radius 1 is 0.632 bits per heavy atom. The Kier molecular flexibility index (Phi) is 27.1. The van der Waals surface area contributed by atoms with Crippen LogP contribution in [0.4, 0.5) is 26.3 Å². The van der Waals surface area contributed by atoms with Crippen LogP contribution in [0.15, 0.2) is 42.5 Å². The lowest BCUT2D eigenvalue weighted by molar-refractivity contribution is -0.152. The minimum atomic E-state index is -4.82. The minimum absolute atomic E-state index is 0.0289. The maximum absolute atomic E-state index is 15.1. The summed E-state index contributed by atoms with van der Waals surface area (Å²) in [5.41, 5.74) is -3.59. The molecular formula is C66H94ClF6N11O11. The van der Waals surface area contributed by atoms with Crippen molar-refractivity contribution in [2.45, 2.75) is 186 Å². The number of hydrogen-bond donors (Lipinski definition) is 3. The van der Waals surface area contributed by atoms with Crippen LogP contribution in [0, 0.1) is 17.8 Å². The van der Waals surface area contributed by atoms with Crippen LogP contribution in [0.1, 0.15) is 135 Å². The van der Waals surface area contributed by atoms with Gasteiger partial charge >= 0.3 is 12.4 Å². The average molecular weight is 1370 g/mol. The number of rotatable bonds is 10. The van der Waals surface area contributed by atoms with Crippen molar-refractivity contribution >= 4 is 76.6 Å². The molecule has 2 heterocycles. The molecule has 0 aromatic heterocycles. The molecule has 2 aromatic rings. The lowest BCUT2D eigenvalue weighted by Gasteiger charge is -2.41. The van der Waals surface area contributed by atoms with E-state index in [2.05, 4.69) is 16.0 Å². The van der Waals surface area contributed by atoms with Gasteiger partial charge in [0.1, 0.15) is 41.8 Å². The lowest BCUT2D eigenvalue weighted by Crippen LogP contribution is -2.64. The Hall–Kier alpha value is -7.52. The maximum atomic E-state index is 15.1. The molecule has 11 amide bonds. The fourth-order valence-electron chi connectivity index (χ4n) is 12.5. The second kappa shape index (κ2) is 33.0. The SMILES string of the molecule is CC[C@H](C)[C@@H]1NC(=O)[C@H](CC(C)C)N(C)C(=O)C[C@@H](C)N(C)C(=O)[C@H](C(C)C)N(C)C(=O)C2(CCCC2)NC(=O)C2CCCN2C(=O)[C@H](CCc2ccc(C(F)(F)F)c(Cl)c2)NC(=O)CN(C)C(=O)[C@H](Cc2cccc(C(F)(F)F)c2)N(C)C(=O)CN(C)C(=O)CN(C)C1=O. The van der Waals surface area contributed by atoms with E-state index in [1.54, 1.807) is 34.6 Å². The van der Waals surface area contributed by atoms with Crippen LogP contribution in [0.3, 0.4) is 0 Å². The van der Waals surface area contributed by atoms with Crippen LogP contribution < -0.4 is 16.0 Å². The van der Waals surface area contributed by atoms with Gasteiger partial charge in [-0.15, -0.1) is 0 Å². The standard InChI is InChI=1S/C66H94ClF6N11O11/c1-15-40(6)55-61(93)79(10)36-53(87)77(8)37-54(88)82(13)50(34-43-20-18-21-44(32-43)65(68,69)70)60(92)78(9)35-51(85)74-47(26-24-42-23-25-45(46(67)33-42)66(71,72)73)59(91)84-29-19-22-48(84)58(90)76-64(27-16-17-28-64)63(95)83(14)56(39(4)5)62(94)80(11)41(7)31-52(86)81(12)49(30-38(2)3)57(89)75-55/h18,20-21,23,25,32-33,38-41,47-50,55-56H,15-17,19,22,24,26-31,34-37H2,1-14H3,(H,74,85)(H,75,89)(H,76,90)/t40-,41+,47-,48?,49-,50-,55-,56-/m0/s1. The number of carbonyl (C=O) groups excluding carboxylic acids is 11. The zero-order valence-corrected chi connectivity index (χ0v) is 57.6. The highest BCUT2D eigenvalue weighted by molar-refractivity contribution is 6.31. The van der Waals surface area contributed by atoms with Crippen LogP contribution in [0.2, 0.25) is 5.02 Å². The Balaban J connectivity index is 1.60. The van der Waals surface area contributed by atoms with E-state index in [0.717, 1.165) is 63.0 Å². The Labute approximate surface area is 557 Å². The van der Waals surface area contributed by atoms with Gasteiger partial charge in [-0.3, -0.25) is 52.7 Å². The smallest absolute Gasteiger partial charge is 0.343 e. The molecule has 0 bridgehead atoms. The third kappa shape index (κ3) is 19.8. The van der Waals surface area contributed by atoms with Crippen molar-refractivity contribution in [2.75, 3.05) is 75.5 Å². The van der Waals surface area contributed by atoms with Gasteiger partial charge in [0, 0.05) is 74.8 Å². The number of aryl methyl sites for hydroxylation is 1. The molecule has 1 saturated carbocycles. The summed E-state index contributed by atoms with van der Waals surface area (Å²) in [5.74, 6) is -9.40. The molecule has 1 spiro atoms. The third-order valence-corrected chi connectivity index (χ3v) is 18.9. The third-order valence-electron chi connectivity index (χ3n) is 18.6. The second-order valence-corrected chi connectivity index (χ2v) is 27.0. The first-order chi connectivity index (χ1) is 44.1. The van der Waals surface area contributed by atoms with E-state index in [0.29, 0.717) is 19.3 Å². The molecule has 5 rings (SSSR count). The van der Waals surface area contributed by atoms with Gasteiger partial charge in [0.05, 0.1) is 35.8 Å². The average Bonchev–Trinajstić information content (AvgIpc) is 2.00. The highest BCUT2D eigenvalue weighted by atomic mass is 35.5. The van der Waals surface area contributed by atoms with E-state index in [4.69, 9.17) is 11.6 Å². The topological polar surface area (TPSA) is 250 Å². The van der Waals surface area contributed by atoms with Crippen LogP contribution in [0.25, 0.3) is 0 Å². The number of alkyl halides is 6. The first-order valence-corrected chi connectivity index (χ1v) is 32.6. The molecule has 2 saturated heterocycles. The normalized spacial score (nSPS) is 24.7. The molecule has 95 heavy (non-hydrogen) atoms. The van der Waals surface area contributed by atoms with Crippen molar-refractivity contribution in [1.82, 2.24) is 55.1 Å². The quantitative estimate of drug-likeness (QED) is 0.240. The predicted molar refractivity (Wildman–Crippen MR) is 341 cm³/mol. The number of likely N-dealkylation sites (N-methyl/N-ethyl adjacent to an activating group) is 7. The first kappa shape index (κ1) is 78.2. The number of benzene rings is 2.